The van der Waals surface area contributed by atoms with Gasteiger partial charge in [-0.25, -0.2) is 0 Å². The summed E-state index contributed by atoms with van der Waals surface area (Å²) >= 11 is 5.66. The van der Waals surface area contributed by atoms with Crippen LogP contribution in [-0.4, -0.2) is 35.9 Å². The van der Waals surface area contributed by atoms with Gasteiger partial charge in [-0.1, -0.05) is 27.8 Å². The van der Waals surface area contributed by atoms with Crippen LogP contribution in [0.2, 0.25) is 0 Å². The lowest BCUT2D eigenvalue weighted by atomic mass is 10.2. The maximum atomic E-state index is 7.00. The molecule has 4 nitrogen and oxygen atoms in total. The van der Waals surface area contributed by atoms with Crippen LogP contribution in [0.1, 0.15) is 12.5 Å². The van der Waals surface area contributed by atoms with E-state index in [1.807, 2.05) is 36.7 Å². The van der Waals surface area contributed by atoms with Crippen molar-refractivity contribution in [2.75, 3.05) is 13.7 Å². The van der Waals surface area contributed by atoms with Gasteiger partial charge in [0.25, 0.3) is 0 Å². The van der Waals surface area contributed by atoms with Crippen LogP contribution >= 0.6 is 44.4 Å². The van der Waals surface area contributed by atoms with E-state index in [-0.39, 0.29) is 12.3 Å². The average Bonchev–Trinajstić information content (AvgIpc) is 3.00. The van der Waals surface area contributed by atoms with Crippen molar-refractivity contribution in [3.8, 4) is 11.8 Å². The highest BCUT2D eigenvalue weighted by Crippen LogP contribution is 2.26. The fourth-order valence-corrected chi connectivity index (χ4v) is 3.62. The van der Waals surface area contributed by atoms with E-state index in [4.69, 9.17) is 9.63 Å². The molecule has 0 saturated heterocycles. The minimum absolute atomic E-state index is 0.134. The molecule has 0 aliphatic carbocycles. The summed E-state index contributed by atoms with van der Waals surface area (Å²) in [7, 11) is 1.00. The molecule has 0 bridgehead atoms. The van der Waals surface area contributed by atoms with E-state index in [0.717, 1.165) is 17.1 Å². The lowest BCUT2D eigenvalue weighted by molar-refractivity contribution is 0.132. The standard InChI is InChI=1S/C14H15BrIN2OP.CH4O/c1-11(19-20-16)14-17-8-10-18(14)9-2-3-12-4-6-13(15)7-5-12;1-2/h4-8,10-11,14,17,20H,9H2,1H3;2H,1H3. The molecule has 7 heteroatoms. The second-order valence-electron chi connectivity index (χ2n) is 4.31. The lowest BCUT2D eigenvalue weighted by Gasteiger charge is -2.28. The van der Waals surface area contributed by atoms with Gasteiger partial charge in [-0.05, 0) is 53.2 Å². The number of hydrogen-bond donors (Lipinski definition) is 2. The summed E-state index contributed by atoms with van der Waals surface area (Å²) in [6.07, 6.45) is 4.27. The molecule has 1 aromatic carbocycles. The third kappa shape index (κ3) is 6.43. The maximum absolute atomic E-state index is 7.00. The normalized spacial score (nSPS) is 17.5. The quantitative estimate of drug-likeness (QED) is 0.380. The molecule has 0 saturated carbocycles. The fourth-order valence-electron chi connectivity index (χ4n) is 1.88. The van der Waals surface area contributed by atoms with Crippen LogP contribution < -0.4 is 5.32 Å². The van der Waals surface area contributed by atoms with Crippen molar-refractivity contribution < 1.29 is 9.63 Å². The van der Waals surface area contributed by atoms with Gasteiger partial charge in [0.05, 0.1) is 19.1 Å². The number of nitrogens with zero attached hydrogens (tertiary/aromatic N) is 1. The zero-order chi connectivity index (χ0) is 16.4. The third-order valence-corrected chi connectivity index (χ3v) is 4.66. The molecule has 0 amide bonds. The highest BCUT2D eigenvalue weighted by Gasteiger charge is 2.24. The number of halogens is 2. The highest BCUT2D eigenvalue weighted by molar-refractivity contribution is 14.2. The average molecular weight is 497 g/mol. The summed E-state index contributed by atoms with van der Waals surface area (Å²) in [6, 6.07) is 8.02. The summed E-state index contributed by atoms with van der Waals surface area (Å²) in [5.74, 6) is 6.38. The second kappa shape index (κ2) is 11.3. The molecule has 0 aromatic heterocycles. The number of rotatable bonds is 4. The van der Waals surface area contributed by atoms with E-state index in [1.165, 1.54) is 0 Å². The van der Waals surface area contributed by atoms with Crippen molar-refractivity contribution in [1.29, 1.82) is 0 Å². The van der Waals surface area contributed by atoms with Crippen molar-refractivity contribution in [2.45, 2.75) is 19.2 Å². The lowest BCUT2D eigenvalue weighted by Crippen LogP contribution is -2.44. The summed E-state index contributed by atoms with van der Waals surface area (Å²) < 4.78 is 6.72. The van der Waals surface area contributed by atoms with Gasteiger partial charge >= 0.3 is 0 Å². The molecule has 1 aliphatic heterocycles. The number of aliphatic hydroxyl groups excluding tert-OH is 1. The number of aliphatic hydroxyl groups is 1. The first kappa shape index (κ1) is 19.7. The minimum atomic E-state index is 0.134. The zero-order valence-electron chi connectivity index (χ0n) is 12.4. The molecule has 3 atom stereocenters. The molecule has 2 N–H and O–H groups in total. The van der Waals surface area contributed by atoms with Gasteiger partial charge in [-0.2, -0.15) is 0 Å². The maximum Gasteiger partial charge on any atom is 0.126 e. The van der Waals surface area contributed by atoms with Crippen molar-refractivity contribution in [1.82, 2.24) is 10.2 Å². The number of nitrogens with one attached hydrogen (secondary N) is 1. The first-order chi connectivity index (χ1) is 10.7. The Balaban J connectivity index is 0.00000116. The predicted octanol–water partition coefficient (Wildman–Crippen LogP) is 3.46. The van der Waals surface area contributed by atoms with Crippen molar-refractivity contribution in [2.24, 2.45) is 0 Å². The van der Waals surface area contributed by atoms with Gasteiger partial charge in [0.1, 0.15) is 6.17 Å². The summed E-state index contributed by atoms with van der Waals surface area (Å²) in [4.78, 5) is 2.16. The Morgan fingerprint density at radius 1 is 1.45 bits per heavy atom. The van der Waals surface area contributed by atoms with Gasteiger partial charge in [0, 0.05) is 29.5 Å². The van der Waals surface area contributed by atoms with Gasteiger partial charge in [-0.15, -0.1) is 0 Å². The minimum Gasteiger partial charge on any atom is -0.400 e. The summed E-state index contributed by atoms with van der Waals surface area (Å²) in [5, 5.41) is 10.3. The van der Waals surface area contributed by atoms with Gasteiger partial charge in [-0.3, -0.25) is 0 Å². The van der Waals surface area contributed by atoms with E-state index in [2.05, 4.69) is 67.0 Å². The van der Waals surface area contributed by atoms with E-state index in [9.17, 15) is 0 Å². The molecule has 1 aliphatic rings. The van der Waals surface area contributed by atoms with Crippen molar-refractivity contribution in [3.05, 3.63) is 46.7 Å². The number of benzene rings is 1. The van der Waals surface area contributed by atoms with Gasteiger partial charge < -0.3 is 19.8 Å². The zero-order valence-corrected chi connectivity index (χ0v) is 17.1. The molecule has 22 heavy (non-hydrogen) atoms. The molecule has 2 rings (SSSR count). The molecule has 1 aromatic rings. The Kier molecular flexibility index (Phi) is 10.1. The van der Waals surface area contributed by atoms with Crippen LogP contribution in [0.4, 0.5) is 0 Å². The molecule has 0 spiro atoms. The molecule has 1 heterocycles. The Hall–Kier alpha value is -0.320. The van der Waals surface area contributed by atoms with Gasteiger partial charge in [0.15, 0.2) is 0 Å². The van der Waals surface area contributed by atoms with Crippen LogP contribution in [-0.2, 0) is 4.52 Å². The molecule has 120 valence electrons. The first-order valence-corrected chi connectivity index (χ1v) is 11.4. The predicted molar refractivity (Wildman–Crippen MR) is 105 cm³/mol. The molecule has 3 unspecified atom stereocenters. The molecule has 0 fully saturated rings. The Morgan fingerprint density at radius 2 is 2.14 bits per heavy atom. The fraction of sp³-hybridized carbons (Fsp3) is 0.333. The largest absolute Gasteiger partial charge is 0.400 e. The Morgan fingerprint density at radius 3 is 2.77 bits per heavy atom. The third-order valence-electron chi connectivity index (χ3n) is 2.90. The van der Waals surface area contributed by atoms with Crippen LogP contribution in [0.5, 0.6) is 0 Å². The highest BCUT2D eigenvalue weighted by atomic mass is 127. The van der Waals surface area contributed by atoms with Crippen molar-refractivity contribution >= 4 is 44.4 Å². The number of hydrogen-bond acceptors (Lipinski definition) is 4. The molecular formula is C15H19BrIN2O2P. The smallest absolute Gasteiger partial charge is 0.126 e. The van der Waals surface area contributed by atoms with Crippen molar-refractivity contribution in [3.63, 3.8) is 0 Å². The van der Waals surface area contributed by atoms with Gasteiger partial charge in [0.2, 0.25) is 0 Å². The summed E-state index contributed by atoms with van der Waals surface area (Å²) in [5.41, 5.74) is 1.03. The van der Waals surface area contributed by atoms with E-state index in [0.29, 0.717) is 13.0 Å². The van der Waals surface area contributed by atoms with Crippen LogP contribution in [0, 0.1) is 11.8 Å². The Labute approximate surface area is 155 Å². The van der Waals surface area contributed by atoms with Crippen LogP contribution in [0.25, 0.3) is 0 Å². The Bertz CT molecular complexity index is 531. The first-order valence-electron chi connectivity index (χ1n) is 6.59. The van der Waals surface area contributed by atoms with E-state index >= 15 is 0 Å². The SMILES string of the molecule is CC(OPI)C1NC=CN1CC#Cc1ccc(Br)cc1.CO. The molecular weight excluding hydrogens is 478 g/mol. The molecule has 0 radical (unpaired) electrons. The topological polar surface area (TPSA) is 44.7 Å². The van der Waals surface area contributed by atoms with Crippen LogP contribution in [0.3, 0.4) is 0 Å². The monoisotopic (exact) mass is 496 g/mol. The van der Waals surface area contributed by atoms with E-state index in [1.54, 1.807) is 0 Å². The van der Waals surface area contributed by atoms with Crippen LogP contribution in [0.15, 0.2) is 41.1 Å². The second-order valence-corrected chi connectivity index (χ2v) is 6.94. The summed E-state index contributed by atoms with van der Waals surface area (Å²) in [6.45, 7) is 3.23. The van der Waals surface area contributed by atoms with E-state index < -0.39 is 0 Å².